The van der Waals surface area contributed by atoms with Crippen molar-refractivity contribution in [2.45, 2.75) is 66.2 Å². The first kappa shape index (κ1) is 15.4. The monoisotopic (exact) mass is 224 g/mol. The predicted molar refractivity (Wildman–Crippen MR) is 71.5 cm³/mol. The van der Waals surface area contributed by atoms with Gasteiger partial charge in [0, 0.05) is 0 Å². The number of allylic oxidation sites excluding steroid dienone is 2. The van der Waals surface area contributed by atoms with Crippen LogP contribution < -0.4 is 0 Å². The maximum atomic E-state index is 10.7. The fourth-order valence-corrected chi connectivity index (χ4v) is 1.81. The van der Waals surface area contributed by atoms with E-state index in [0.717, 1.165) is 18.3 Å². The first-order valence-corrected chi connectivity index (χ1v) is 6.69. The molecule has 1 atom stereocenters. The van der Waals surface area contributed by atoms with Crippen LogP contribution in [0, 0.1) is 11.8 Å². The first-order chi connectivity index (χ1) is 7.52. The molecule has 0 saturated heterocycles. The summed E-state index contributed by atoms with van der Waals surface area (Å²) in [5, 5.41) is 0. The molecule has 0 fully saturated rings. The van der Waals surface area contributed by atoms with Gasteiger partial charge in [-0.2, -0.15) is 0 Å². The maximum Gasteiger partial charge on any atom is 0.152 e. The molecule has 0 aliphatic rings. The highest BCUT2D eigenvalue weighted by atomic mass is 16.1. The maximum absolute atomic E-state index is 10.7. The summed E-state index contributed by atoms with van der Waals surface area (Å²) in [4.78, 5) is 10.7. The Labute approximate surface area is 101 Å². The molecule has 0 rings (SSSR count). The van der Waals surface area contributed by atoms with Gasteiger partial charge in [-0.05, 0) is 31.3 Å². The van der Waals surface area contributed by atoms with Gasteiger partial charge < -0.3 is 0 Å². The molecule has 0 aliphatic carbocycles. The van der Waals surface area contributed by atoms with E-state index in [-0.39, 0.29) is 5.78 Å². The largest absolute Gasteiger partial charge is 0.295 e. The van der Waals surface area contributed by atoms with Gasteiger partial charge in [-0.15, -0.1) is 0 Å². The van der Waals surface area contributed by atoms with Crippen molar-refractivity contribution in [2.24, 2.45) is 11.8 Å². The van der Waals surface area contributed by atoms with Crippen LogP contribution in [0.5, 0.6) is 0 Å². The normalized spacial score (nSPS) is 13.6. The molecule has 0 aromatic carbocycles. The van der Waals surface area contributed by atoms with E-state index < -0.39 is 0 Å². The molecule has 1 heteroatoms. The topological polar surface area (TPSA) is 17.1 Å². The van der Waals surface area contributed by atoms with Crippen molar-refractivity contribution in [1.82, 2.24) is 0 Å². The van der Waals surface area contributed by atoms with Gasteiger partial charge in [-0.1, -0.05) is 59.0 Å². The standard InChI is InChI=1S/C15H28O/c1-13(2)9-6-5-7-10-14(3)11-8-12-15(4)16/h8,12-14H,5-7,9-11H2,1-4H3. The molecule has 0 amide bonds. The summed E-state index contributed by atoms with van der Waals surface area (Å²) in [5.41, 5.74) is 0. The Morgan fingerprint density at radius 3 is 2.25 bits per heavy atom. The Morgan fingerprint density at radius 1 is 1.06 bits per heavy atom. The van der Waals surface area contributed by atoms with Crippen molar-refractivity contribution in [3.05, 3.63) is 12.2 Å². The van der Waals surface area contributed by atoms with Gasteiger partial charge in [0.2, 0.25) is 0 Å². The van der Waals surface area contributed by atoms with Crippen LogP contribution in [0.15, 0.2) is 12.2 Å². The fourth-order valence-electron chi connectivity index (χ4n) is 1.81. The molecule has 1 unspecified atom stereocenters. The number of carbonyl (C=O) groups is 1. The molecule has 0 aromatic heterocycles. The zero-order valence-corrected chi connectivity index (χ0v) is 11.5. The summed E-state index contributed by atoms with van der Waals surface area (Å²) in [6.07, 6.45) is 11.5. The predicted octanol–water partition coefficient (Wildman–Crippen LogP) is 4.76. The molecular weight excluding hydrogens is 196 g/mol. The highest BCUT2D eigenvalue weighted by Crippen LogP contribution is 2.15. The van der Waals surface area contributed by atoms with Crippen LogP contribution in [0.1, 0.15) is 66.2 Å². The molecule has 94 valence electrons. The SMILES string of the molecule is CC(=O)C=CCC(C)CCCCCC(C)C. The lowest BCUT2D eigenvalue weighted by molar-refractivity contribution is -0.112. The number of carbonyl (C=O) groups excluding carboxylic acids is 1. The second kappa shape index (κ2) is 9.62. The minimum absolute atomic E-state index is 0.157. The average Bonchev–Trinajstić information content (AvgIpc) is 2.16. The Kier molecular flexibility index (Phi) is 9.27. The molecule has 0 aromatic rings. The lowest BCUT2D eigenvalue weighted by Crippen LogP contribution is -1.94. The first-order valence-electron chi connectivity index (χ1n) is 6.69. The highest BCUT2D eigenvalue weighted by molar-refractivity contribution is 5.87. The third kappa shape index (κ3) is 11.5. The minimum atomic E-state index is 0.157. The molecule has 0 N–H and O–H groups in total. The summed E-state index contributed by atoms with van der Waals surface area (Å²) in [6.45, 7) is 8.45. The lowest BCUT2D eigenvalue weighted by atomic mass is 9.98. The Balaban J connectivity index is 3.37. The number of unbranched alkanes of at least 4 members (excludes halogenated alkanes) is 2. The average molecular weight is 224 g/mol. The summed E-state index contributed by atoms with van der Waals surface area (Å²) >= 11 is 0. The van der Waals surface area contributed by atoms with Gasteiger partial charge in [0.1, 0.15) is 0 Å². The smallest absolute Gasteiger partial charge is 0.152 e. The van der Waals surface area contributed by atoms with Gasteiger partial charge in [0.25, 0.3) is 0 Å². The van der Waals surface area contributed by atoms with E-state index in [1.165, 1.54) is 32.1 Å². The van der Waals surface area contributed by atoms with Gasteiger partial charge in [-0.3, -0.25) is 4.79 Å². The third-order valence-corrected chi connectivity index (χ3v) is 2.87. The van der Waals surface area contributed by atoms with Crippen LogP contribution in [0.25, 0.3) is 0 Å². The van der Waals surface area contributed by atoms with Crippen LogP contribution in [-0.4, -0.2) is 5.78 Å². The van der Waals surface area contributed by atoms with Gasteiger partial charge >= 0.3 is 0 Å². The molecule has 0 saturated carbocycles. The number of hydrogen-bond donors (Lipinski definition) is 0. The van der Waals surface area contributed by atoms with Crippen LogP contribution in [0.3, 0.4) is 0 Å². The van der Waals surface area contributed by atoms with Crippen LogP contribution in [0.2, 0.25) is 0 Å². The van der Waals surface area contributed by atoms with E-state index >= 15 is 0 Å². The van der Waals surface area contributed by atoms with Crippen molar-refractivity contribution < 1.29 is 4.79 Å². The molecular formula is C15H28O. The number of rotatable bonds is 9. The third-order valence-electron chi connectivity index (χ3n) is 2.87. The summed E-state index contributed by atoms with van der Waals surface area (Å²) < 4.78 is 0. The Bertz CT molecular complexity index is 203. The highest BCUT2D eigenvalue weighted by Gasteiger charge is 2.00. The molecule has 0 aliphatic heterocycles. The number of ketones is 1. The van der Waals surface area contributed by atoms with E-state index in [0.29, 0.717) is 0 Å². The van der Waals surface area contributed by atoms with Gasteiger partial charge in [0.15, 0.2) is 5.78 Å². The van der Waals surface area contributed by atoms with Crippen LogP contribution >= 0.6 is 0 Å². The molecule has 1 nitrogen and oxygen atoms in total. The second-order valence-corrected chi connectivity index (χ2v) is 5.39. The van der Waals surface area contributed by atoms with Crippen molar-refractivity contribution in [2.75, 3.05) is 0 Å². The zero-order chi connectivity index (χ0) is 12.4. The van der Waals surface area contributed by atoms with Gasteiger partial charge in [0.05, 0.1) is 0 Å². The quantitative estimate of drug-likeness (QED) is 0.407. The van der Waals surface area contributed by atoms with Crippen molar-refractivity contribution in [3.8, 4) is 0 Å². The Morgan fingerprint density at radius 2 is 1.69 bits per heavy atom. The fraction of sp³-hybridized carbons (Fsp3) is 0.800. The van der Waals surface area contributed by atoms with Crippen LogP contribution in [-0.2, 0) is 4.79 Å². The zero-order valence-electron chi connectivity index (χ0n) is 11.5. The second-order valence-electron chi connectivity index (χ2n) is 5.39. The molecule has 0 spiro atoms. The summed E-state index contributed by atoms with van der Waals surface area (Å²) in [7, 11) is 0. The minimum Gasteiger partial charge on any atom is -0.295 e. The van der Waals surface area contributed by atoms with E-state index in [1.807, 2.05) is 6.08 Å². The van der Waals surface area contributed by atoms with E-state index in [1.54, 1.807) is 13.0 Å². The van der Waals surface area contributed by atoms with Crippen LogP contribution in [0.4, 0.5) is 0 Å². The van der Waals surface area contributed by atoms with E-state index in [4.69, 9.17) is 0 Å². The van der Waals surface area contributed by atoms with E-state index in [2.05, 4.69) is 20.8 Å². The molecule has 0 heterocycles. The summed E-state index contributed by atoms with van der Waals surface area (Å²) in [6, 6.07) is 0. The van der Waals surface area contributed by atoms with Gasteiger partial charge in [-0.25, -0.2) is 0 Å². The summed E-state index contributed by atoms with van der Waals surface area (Å²) in [5.74, 6) is 1.72. The molecule has 0 bridgehead atoms. The van der Waals surface area contributed by atoms with Crippen molar-refractivity contribution in [3.63, 3.8) is 0 Å². The molecule has 16 heavy (non-hydrogen) atoms. The van der Waals surface area contributed by atoms with E-state index in [9.17, 15) is 4.79 Å². The lowest BCUT2D eigenvalue weighted by Gasteiger charge is -2.08. The molecule has 0 radical (unpaired) electrons. The van der Waals surface area contributed by atoms with Crippen molar-refractivity contribution in [1.29, 1.82) is 0 Å². The van der Waals surface area contributed by atoms with Crippen molar-refractivity contribution >= 4 is 5.78 Å². The number of hydrogen-bond acceptors (Lipinski definition) is 1. The Hall–Kier alpha value is -0.590.